The van der Waals surface area contributed by atoms with Crippen LogP contribution in [0.1, 0.15) is 17.2 Å². The molecule has 0 aliphatic carbocycles. The zero-order valence-corrected chi connectivity index (χ0v) is 12.1. The van der Waals surface area contributed by atoms with Crippen LogP contribution < -0.4 is 0 Å². The lowest BCUT2D eigenvalue weighted by Crippen LogP contribution is -1.99. The van der Waals surface area contributed by atoms with Gasteiger partial charge in [-0.25, -0.2) is 0 Å². The number of thiophene rings is 1. The van der Waals surface area contributed by atoms with Crippen LogP contribution in [-0.4, -0.2) is 5.11 Å². The third-order valence-corrected chi connectivity index (χ3v) is 4.61. The van der Waals surface area contributed by atoms with Gasteiger partial charge in [-0.3, -0.25) is 0 Å². The Morgan fingerprint density at radius 2 is 1.76 bits per heavy atom. The number of hydrogen-bond donors (Lipinski definition) is 1. The predicted molar refractivity (Wildman–Crippen MR) is 74.9 cm³/mol. The van der Waals surface area contributed by atoms with Crippen molar-refractivity contribution in [1.29, 1.82) is 0 Å². The first-order valence-electron chi connectivity index (χ1n) is 4.57. The Balaban J connectivity index is 2.47. The molecule has 0 saturated carbocycles. The van der Waals surface area contributed by atoms with E-state index in [1.807, 2.05) is 0 Å². The molecule has 2 aromatic rings. The number of benzene rings is 1. The van der Waals surface area contributed by atoms with Crippen LogP contribution >= 0.6 is 57.7 Å². The average molecular weight is 328 g/mol. The van der Waals surface area contributed by atoms with Crippen LogP contribution in [0.15, 0.2) is 24.3 Å². The van der Waals surface area contributed by atoms with E-state index in [0.29, 0.717) is 29.8 Å². The van der Waals surface area contributed by atoms with Crippen molar-refractivity contribution >= 4 is 57.7 Å². The van der Waals surface area contributed by atoms with Gasteiger partial charge >= 0.3 is 0 Å². The Morgan fingerprint density at radius 3 is 2.35 bits per heavy atom. The minimum absolute atomic E-state index is 0.319. The minimum atomic E-state index is -0.933. The molecular formula is C11H6Cl4OS. The molecule has 1 heterocycles. The van der Waals surface area contributed by atoms with E-state index in [4.69, 9.17) is 46.4 Å². The third kappa shape index (κ3) is 2.73. The Morgan fingerprint density at radius 1 is 1.06 bits per heavy atom. The van der Waals surface area contributed by atoms with Gasteiger partial charge in [0.25, 0.3) is 0 Å². The van der Waals surface area contributed by atoms with Crippen molar-refractivity contribution in [2.45, 2.75) is 6.10 Å². The molecule has 0 amide bonds. The van der Waals surface area contributed by atoms with E-state index < -0.39 is 6.10 Å². The van der Waals surface area contributed by atoms with Crippen molar-refractivity contribution in [3.8, 4) is 0 Å². The number of aliphatic hydroxyl groups is 1. The molecule has 2 rings (SSSR count). The molecule has 1 aromatic carbocycles. The van der Waals surface area contributed by atoms with Crippen LogP contribution in [0.2, 0.25) is 18.7 Å². The topological polar surface area (TPSA) is 20.2 Å². The van der Waals surface area contributed by atoms with E-state index in [9.17, 15) is 5.11 Å². The van der Waals surface area contributed by atoms with Crippen molar-refractivity contribution in [3.63, 3.8) is 0 Å². The Labute approximate surface area is 123 Å². The van der Waals surface area contributed by atoms with Crippen LogP contribution in [0.5, 0.6) is 0 Å². The fourth-order valence-electron chi connectivity index (χ4n) is 1.44. The van der Waals surface area contributed by atoms with E-state index in [-0.39, 0.29) is 0 Å². The first kappa shape index (κ1) is 13.5. The molecule has 6 heteroatoms. The summed E-state index contributed by atoms with van der Waals surface area (Å²) in [4.78, 5) is 0. The van der Waals surface area contributed by atoms with Crippen molar-refractivity contribution in [2.75, 3.05) is 0 Å². The molecule has 0 radical (unpaired) electrons. The molecule has 90 valence electrons. The van der Waals surface area contributed by atoms with E-state index in [1.54, 1.807) is 24.3 Å². The van der Waals surface area contributed by atoms with Crippen LogP contribution in [0.4, 0.5) is 0 Å². The second-order valence-corrected chi connectivity index (χ2v) is 6.40. The van der Waals surface area contributed by atoms with Gasteiger partial charge in [-0.2, -0.15) is 0 Å². The van der Waals surface area contributed by atoms with Gasteiger partial charge in [0.2, 0.25) is 0 Å². The van der Waals surface area contributed by atoms with Gasteiger partial charge in [0.1, 0.15) is 10.4 Å². The first-order valence-corrected chi connectivity index (χ1v) is 6.90. The van der Waals surface area contributed by atoms with E-state index in [1.165, 1.54) is 11.3 Å². The highest BCUT2D eigenvalue weighted by Crippen LogP contribution is 2.40. The Kier molecular flexibility index (Phi) is 4.24. The summed E-state index contributed by atoms with van der Waals surface area (Å²) in [5.41, 5.74) is 1.04. The SMILES string of the molecule is OC(c1cc(Cl)sc1Cl)c1cccc(Cl)c1Cl. The molecule has 0 aliphatic heterocycles. The second-order valence-electron chi connectivity index (χ2n) is 3.33. The summed E-state index contributed by atoms with van der Waals surface area (Å²) in [5, 5.41) is 10.9. The highest BCUT2D eigenvalue weighted by atomic mass is 35.5. The van der Waals surface area contributed by atoms with Gasteiger partial charge in [-0.15, -0.1) is 11.3 Å². The number of hydrogen-bond acceptors (Lipinski definition) is 2. The highest BCUT2D eigenvalue weighted by molar-refractivity contribution is 7.20. The second kappa shape index (κ2) is 5.35. The number of halogens is 4. The highest BCUT2D eigenvalue weighted by Gasteiger charge is 2.20. The lowest BCUT2D eigenvalue weighted by atomic mass is 10.0. The summed E-state index contributed by atoms with van der Waals surface area (Å²) in [7, 11) is 0. The Bertz CT molecular complexity index is 552. The van der Waals surface area contributed by atoms with Crippen molar-refractivity contribution in [1.82, 2.24) is 0 Å². The molecule has 0 aliphatic rings. The molecule has 1 nitrogen and oxygen atoms in total. The zero-order valence-electron chi connectivity index (χ0n) is 8.25. The van der Waals surface area contributed by atoms with Crippen molar-refractivity contribution in [3.05, 3.63) is 54.1 Å². The first-order chi connectivity index (χ1) is 8.00. The van der Waals surface area contributed by atoms with Gasteiger partial charge in [0, 0.05) is 11.1 Å². The maximum absolute atomic E-state index is 10.2. The lowest BCUT2D eigenvalue weighted by Gasteiger charge is -2.12. The molecule has 1 atom stereocenters. The summed E-state index contributed by atoms with van der Waals surface area (Å²) in [6.07, 6.45) is -0.933. The minimum Gasteiger partial charge on any atom is -0.384 e. The maximum atomic E-state index is 10.2. The zero-order chi connectivity index (χ0) is 12.6. The monoisotopic (exact) mass is 326 g/mol. The number of aliphatic hydroxyl groups excluding tert-OH is 1. The molecule has 0 bridgehead atoms. The standard InChI is InChI=1S/C11H6Cl4OS/c12-7-3-1-2-5(9(7)14)10(16)6-4-8(13)17-11(6)15/h1-4,10,16H. The van der Waals surface area contributed by atoms with Gasteiger partial charge in [-0.1, -0.05) is 58.5 Å². The molecule has 1 aromatic heterocycles. The Hall–Kier alpha value is 0.0400. The van der Waals surface area contributed by atoms with E-state index >= 15 is 0 Å². The van der Waals surface area contributed by atoms with Crippen LogP contribution in [0, 0.1) is 0 Å². The van der Waals surface area contributed by atoms with Crippen LogP contribution in [-0.2, 0) is 0 Å². The summed E-state index contributed by atoms with van der Waals surface area (Å²) in [5.74, 6) is 0. The normalized spacial score (nSPS) is 12.8. The average Bonchev–Trinajstić information content (AvgIpc) is 2.61. The molecule has 17 heavy (non-hydrogen) atoms. The predicted octanol–water partition coefficient (Wildman–Crippen LogP) is 5.44. The smallest absolute Gasteiger partial charge is 0.108 e. The van der Waals surface area contributed by atoms with E-state index in [2.05, 4.69) is 0 Å². The van der Waals surface area contributed by atoms with Gasteiger partial charge in [-0.05, 0) is 12.1 Å². The molecule has 0 fully saturated rings. The largest absolute Gasteiger partial charge is 0.384 e. The summed E-state index contributed by atoms with van der Waals surface area (Å²) in [6.45, 7) is 0. The fourth-order valence-corrected chi connectivity index (χ4v) is 3.37. The molecule has 0 spiro atoms. The van der Waals surface area contributed by atoms with Crippen molar-refractivity contribution in [2.24, 2.45) is 0 Å². The van der Waals surface area contributed by atoms with Gasteiger partial charge in [0.15, 0.2) is 0 Å². The quantitative estimate of drug-likeness (QED) is 0.778. The van der Waals surface area contributed by atoms with Gasteiger partial charge in [0.05, 0.1) is 14.4 Å². The lowest BCUT2D eigenvalue weighted by molar-refractivity contribution is 0.221. The van der Waals surface area contributed by atoms with Crippen LogP contribution in [0.25, 0.3) is 0 Å². The molecular weight excluding hydrogens is 322 g/mol. The van der Waals surface area contributed by atoms with Crippen LogP contribution in [0.3, 0.4) is 0 Å². The fraction of sp³-hybridized carbons (Fsp3) is 0.0909. The van der Waals surface area contributed by atoms with Crippen molar-refractivity contribution < 1.29 is 5.11 Å². The summed E-state index contributed by atoms with van der Waals surface area (Å²) < 4.78 is 0.959. The molecule has 1 N–H and O–H groups in total. The molecule has 1 unspecified atom stereocenters. The number of rotatable bonds is 2. The summed E-state index contributed by atoms with van der Waals surface area (Å²) >= 11 is 24.9. The van der Waals surface area contributed by atoms with Gasteiger partial charge < -0.3 is 5.11 Å². The third-order valence-electron chi connectivity index (χ3n) is 2.25. The van der Waals surface area contributed by atoms with E-state index in [0.717, 1.165) is 0 Å². The molecule has 0 saturated heterocycles. The summed E-state index contributed by atoms with van der Waals surface area (Å²) in [6, 6.07) is 6.69. The maximum Gasteiger partial charge on any atom is 0.108 e.